The first-order valence-electron chi connectivity index (χ1n) is 7.25. The first kappa shape index (κ1) is 14.9. The maximum absolute atomic E-state index is 12.2. The van der Waals surface area contributed by atoms with Gasteiger partial charge >= 0.3 is 0 Å². The van der Waals surface area contributed by atoms with Crippen LogP contribution in [0.5, 0.6) is 0 Å². The number of nitrogens with zero attached hydrogens (tertiary/aromatic N) is 2. The Labute approximate surface area is 124 Å². The molecule has 1 fully saturated rings. The number of thiophene rings is 1. The molecule has 0 saturated heterocycles. The number of nitriles is 1. The van der Waals surface area contributed by atoms with E-state index in [9.17, 15) is 10.1 Å². The van der Waals surface area contributed by atoms with Crippen LogP contribution in [0.2, 0.25) is 0 Å². The smallest absolute Gasteiger partial charge is 0.178 e. The third kappa shape index (κ3) is 2.80. The standard InChI is InChI=1S/C15H21N3OS/c1-3-5-8-18(4-2)15-11(9-16)12(17)14(20-15)13(19)10-6-7-10/h10H,3-8,17H2,1-2H3. The highest BCUT2D eigenvalue weighted by molar-refractivity contribution is 7.19. The molecule has 0 aliphatic heterocycles. The van der Waals surface area contributed by atoms with Crippen LogP contribution in [0.4, 0.5) is 10.7 Å². The molecule has 4 nitrogen and oxygen atoms in total. The molecule has 1 aliphatic rings. The van der Waals surface area contributed by atoms with Crippen molar-refractivity contribution >= 4 is 27.8 Å². The number of nitrogens with two attached hydrogens (primary N) is 1. The number of rotatable bonds is 7. The van der Waals surface area contributed by atoms with Gasteiger partial charge in [0.25, 0.3) is 0 Å². The zero-order valence-electron chi connectivity index (χ0n) is 12.1. The molecule has 1 aliphatic carbocycles. The summed E-state index contributed by atoms with van der Waals surface area (Å²) in [5, 5.41) is 10.2. The zero-order chi connectivity index (χ0) is 14.7. The molecule has 1 aromatic rings. The number of ketones is 1. The largest absolute Gasteiger partial charge is 0.396 e. The Hall–Kier alpha value is -1.54. The average molecular weight is 291 g/mol. The van der Waals surface area contributed by atoms with Gasteiger partial charge in [-0.15, -0.1) is 11.3 Å². The number of nitrogen functional groups attached to an aromatic ring is 1. The van der Waals surface area contributed by atoms with E-state index in [4.69, 9.17) is 5.73 Å². The van der Waals surface area contributed by atoms with Gasteiger partial charge in [-0.1, -0.05) is 13.3 Å². The second-order valence-electron chi connectivity index (χ2n) is 5.21. The summed E-state index contributed by atoms with van der Waals surface area (Å²) in [6.07, 6.45) is 4.09. The maximum atomic E-state index is 12.2. The summed E-state index contributed by atoms with van der Waals surface area (Å²) in [5.74, 6) is 0.267. The molecule has 108 valence electrons. The molecule has 0 aromatic carbocycles. The van der Waals surface area contributed by atoms with Gasteiger partial charge in [0.2, 0.25) is 0 Å². The molecule has 0 spiro atoms. The Bertz CT molecular complexity index is 540. The highest BCUT2D eigenvalue weighted by Gasteiger charge is 2.34. The summed E-state index contributed by atoms with van der Waals surface area (Å²) in [7, 11) is 0. The Morgan fingerprint density at radius 3 is 2.70 bits per heavy atom. The Morgan fingerprint density at radius 2 is 2.20 bits per heavy atom. The topological polar surface area (TPSA) is 70.1 Å². The van der Waals surface area contributed by atoms with Crippen LogP contribution in [0, 0.1) is 17.2 Å². The molecule has 2 N–H and O–H groups in total. The second kappa shape index (κ2) is 6.27. The van der Waals surface area contributed by atoms with Gasteiger partial charge in [0.1, 0.15) is 16.6 Å². The fourth-order valence-electron chi connectivity index (χ4n) is 2.23. The van der Waals surface area contributed by atoms with E-state index in [-0.39, 0.29) is 11.7 Å². The summed E-state index contributed by atoms with van der Waals surface area (Å²) in [6, 6.07) is 2.18. The van der Waals surface area contributed by atoms with E-state index in [1.165, 1.54) is 11.3 Å². The quantitative estimate of drug-likeness (QED) is 0.781. The molecule has 1 aromatic heterocycles. The van der Waals surface area contributed by atoms with Crippen molar-refractivity contribution in [1.29, 1.82) is 5.26 Å². The summed E-state index contributed by atoms with van der Waals surface area (Å²) in [6.45, 7) is 5.93. The molecule has 1 saturated carbocycles. The number of hydrogen-bond acceptors (Lipinski definition) is 5. The second-order valence-corrected chi connectivity index (χ2v) is 6.21. The number of anilines is 2. The average Bonchev–Trinajstić information content (AvgIpc) is 3.24. The molecular weight excluding hydrogens is 270 g/mol. The van der Waals surface area contributed by atoms with E-state index in [0.717, 1.165) is 43.8 Å². The summed E-state index contributed by atoms with van der Waals surface area (Å²) >= 11 is 1.40. The van der Waals surface area contributed by atoms with Crippen LogP contribution < -0.4 is 10.6 Å². The van der Waals surface area contributed by atoms with Crippen molar-refractivity contribution < 1.29 is 4.79 Å². The van der Waals surface area contributed by atoms with Crippen molar-refractivity contribution in [2.45, 2.75) is 39.5 Å². The molecular formula is C15H21N3OS. The van der Waals surface area contributed by atoms with Gasteiger partial charge in [-0.2, -0.15) is 5.26 Å². The lowest BCUT2D eigenvalue weighted by Crippen LogP contribution is -2.23. The maximum Gasteiger partial charge on any atom is 0.178 e. The van der Waals surface area contributed by atoms with Crippen molar-refractivity contribution in [1.82, 2.24) is 0 Å². The van der Waals surface area contributed by atoms with Crippen molar-refractivity contribution in [2.75, 3.05) is 23.7 Å². The summed E-state index contributed by atoms with van der Waals surface area (Å²) < 4.78 is 0. The van der Waals surface area contributed by atoms with Crippen LogP contribution in [0.1, 0.15) is 54.8 Å². The van der Waals surface area contributed by atoms with Crippen molar-refractivity contribution in [3.05, 3.63) is 10.4 Å². The van der Waals surface area contributed by atoms with Gasteiger partial charge in [0, 0.05) is 19.0 Å². The molecule has 0 unspecified atom stereocenters. The van der Waals surface area contributed by atoms with Crippen LogP contribution >= 0.6 is 11.3 Å². The monoisotopic (exact) mass is 291 g/mol. The number of hydrogen-bond donors (Lipinski definition) is 1. The number of unbranched alkanes of at least 4 members (excludes halogenated alkanes) is 1. The first-order chi connectivity index (χ1) is 9.63. The van der Waals surface area contributed by atoms with E-state index < -0.39 is 0 Å². The predicted molar refractivity (Wildman–Crippen MR) is 83.3 cm³/mol. The highest BCUT2D eigenvalue weighted by Crippen LogP contribution is 2.42. The van der Waals surface area contributed by atoms with E-state index >= 15 is 0 Å². The zero-order valence-corrected chi connectivity index (χ0v) is 12.9. The Balaban J connectivity index is 2.34. The van der Waals surface area contributed by atoms with Gasteiger partial charge in [-0.05, 0) is 26.2 Å². The van der Waals surface area contributed by atoms with Crippen LogP contribution in [0.25, 0.3) is 0 Å². The fourth-order valence-corrected chi connectivity index (χ4v) is 3.51. The molecule has 5 heteroatoms. The summed E-state index contributed by atoms with van der Waals surface area (Å²) in [4.78, 5) is 15.0. The van der Waals surface area contributed by atoms with Gasteiger partial charge in [-0.25, -0.2) is 0 Å². The van der Waals surface area contributed by atoms with E-state index in [0.29, 0.717) is 16.1 Å². The highest BCUT2D eigenvalue weighted by atomic mass is 32.1. The third-order valence-corrected chi connectivity index (χ3v) is 4.94. The molecule has 0 radical (unpaired) electrons. The number of Topliss-reactive ketones (excluding diaryl/α,β-unsaturated/α-hetero) is 1. The molecule has 1 heterocycles. The minimum Gasteiger partial charge on any atom is -0.396 e. The lowest BCUT2D eigenvalue weighted by Gasteiger charge is -2.21. The molecule has 0 atom stereocenters. The number of carbonyl (C=O) groups is 1. The van der Waals surface area contributed by atoms with Crippen molar-refractivity contribution in [2.24, 2.45) is 5.92 Å². The van der Waals surface area contributed by atoms with Crippen molar-refractivity contribution in [3.63, 3.8) is 0 Å². The molecule has 0 amide bonds. The Morgan fingerprint density at radius 1 is 1.50 bits per heavy atom. The van der Waals surface area contributed by atoms with Gasteiger partial charge in [0.15, 0.2) is 5.78 Å². The van der Waals surface area contributed by atoms with Crippen LogP contribution in [0.15, 0.2) is 0 Å². The first-order valence-corrected chi connectivity index (χ1v) is 8.07. The van der Waals surface area contributed by atoms with Gasteiger partial charge in [0.05, 0.1) is 10.6 Å². The Kier molecular flexibility index (Phi) is 4.66. The van der Waals surface area contributed by atoms with Crippen molar-refractivity contribution in [3.8, 4) is 6.07 Å². The van der Waals surface area contributed by atoms with Crippen LogP contribution in [-0.4, -0.2) is 18.9 Å². The molecule has 20 heavy (non-hydrogen) atoms. The van der Waals surface area contributed by atoms with Crippen LogP contribution in [-0.2, 0) is 0 Å². The normalized spacial score (nSPS) is 14.1. The minimum atomic E-state index is 0.127. The van der Waals surface area contributed by atoms with Crippen LogP contribution in [0.3, 0.4) is 0 Å². The third-order valence-electron chi connectivity index (χ3n) is 3.66. The van der Waals surface area contributed by atoms with E-state index in [1.54, 1.807) is 0 Å². The van der Waals surface area contributed by atoms with E-state index in [1.807, 2.05) is 0 Å². The predicted octanol–water partition coefficient (Wildman–Crippen LogP) is 3.42. The molecule has 2 rings (SSSR count). The van der Waals surface area contributed by atoms with Gasteiger partial charge in [-0.3, -0.25) is 4.79 Å². The lowest BCUT2D eigenvalue weighted by molar-refractivity contribution is 0.0972. The fraction of sp³-hybridized carbons (Fsp3) is 0.600. The SMILES string of the molecule is CCCCN(CC)c1sc(C(=O)C2CC2)c(N)c1C#N. The number of carbonyl (C=O) groups excluding carboxylic acids is 1. The van der Waals surface area contributed by atoms with Gasteiger partial charge < -0.3 is 10.6 Å². The lowest BCUT2D eigenvalue weighted by atomic mass is 10.1. The molecule has 0 bridgehead atoms. The summed E-state index contributed by atoms with van der Waals surface area (Å²) in [5.41, 5.74) is 6.91. The minimum absolute atomic E-state index is 0.127. The van der Waals surface area contributed by atoms with E-state index in [2.05, 4.69) is 24.8 Å².